The third-order valence-corrected chi connectivity index (χ3v) is 9.26. The second kappa shape index (κ2) is 12.2. The van der Waals surface area contributed by atoms with Crippen molar-refractivity contribution in [2.75, 3.05) is 53.0 Å². The van der Waals surface area contributed by atoms with Crippen LogP contribution in [-0.2, 0) is 21.3 Å². The zero-order valence-electron chi connectivity index (χ0n) is 21.1. The minimum atomic E-state index is -3.49. The van der Waals surface area contributed by atoms with Gasteiger partial charge in [0.1, 0.15) is 5.75 Å². The van der Waals surface area contributed by atoms with Gasteiger partial charge in [-0.2, -0.15) is 4.31 Å². The summed E-state index contributed by atoms with van der Waals surface area (Å²) < 4.78 is 40.3. The molecule has 36 heavy (non-hydrogen) atoms. The number of benzene rings is 2. The van der Waals surface area contributed by atoms with Crippen LogP contribution in [-0.4, -0.2) is 75.2 Å². The molecule has 10 heteroatoms. The molecule has 2 heterocycles. The highest BCUT2D eigenvalue weighted by molar-refractivity contribution is 7.89. The van der Waals surface area contributed by atoms with Gasteiger partial charge < -0.3 is 14.0 Å². The molecule has 0 atom stereocenters. The molecule has 0 radical (unpaired) electrons. The summed E-state index contributed by atoms with van der Waals surface area (Å²) in [5.41, 5.74) is 2.83. The van der Waals surface area contributed by atoms with Crippen molar-refractivity contribution in [3.8, 4) is 17.0 Å². The first-order valence-corrected chi connectivity index (χ1v) is 14.6. The maximum absolute atomic E-state index is 12.9. The van der Waals surface area contributed by atoms with Gasteiger partial charge in [0.2, 0.25) is 10.0 Å². The first-order valence-electron chi connectivity index (χ1n) is 12.2. The average molecular weight is 531 g/mol. The maximum Gasteiger partial charge on any atom is 0.243 e. The molecule has 3 aromatic rings. The molecule has 0 N–H and O–H groups in total. The van der Waals surface area contributed by atoms with Gasteiger partial charge in [0.05, 0.1) is 36.6 Å². The van der Waals surface area contributed by atoms with Gasteiger partial charge in [-0.15, -0.1) is 11.3 Å². The number of hydrogen-bond acceptors (Lipinski definition) is 7. The number of morpholine rings is 1. The predicted octanol–water partition coefficient (Wildman–Crippen LogP) is 3.82. The highest BCUT2D eigenvalue weighted by atomic mass is 32.2. The van der Waals surface area contributed by atoms with E-state index in [1.54, 1.807) is 30.6 Å². The Kier molecular flexibility index (Phi) is 8.97. The van der Waals surface area contributed by atoms with Crippen LogP contribution in [0, 0.1) is 0 Å². The van der Waals surface area contributed by atoms with Crippen LogP contribution in [0.2, 0.25) is 0 Å². The van der Waals surface area contributed by atoms with E-state index >= 15 is 0 Å². The fourth-order valence-electron chi connectivity index (χ4n) is 4.21. The van der Waals surface area contributed by atoms with Crippen LogP contribution in [0.1, 0.15) is 13.8 Å². The molecular formula is C26H34N4O4S2. The SMILES string of the molecule is CCN(CC)S(=O)(=O)c1ccc(-c2csc(=Nc3ccc(OC)cc3)n2CCN2CCOCC2)cc1. The first kappa shape index (κ1) is 26.6. The summed E-state index contributed by atoms with van der Waals surface area (Å²) in [5.74, 6) is 0.792. The molecule has 0 saturated carbocycles. The lowest BCUT2D eigenvalue weighted by Gasteiger charge is -2.26. The summed E-state index contributed by atoms with van der Waals surface area (Å²) in [4.78, 5) is 8.51. The van der Waals surface area contributed by atoms with Crippen LogP contribution in [0.3, 0.4) is 0 Å². The van der Waals surface area contributed by atoms with Gasteiger partial charge in [0, 0.05) is 44.6 Å². The Bertz CT molecular complexity index is 1290. The van der Waals surface area contributed by atoms with Gasteiger partial charge in [0.15, 0.2) is 4.80 Å². The minimum absolute atomic E-state index is 0.313. The molecule has 0 unspecified atom stereocenters. The molecule has 0 bridgehead atoms. The van der Waals surface area contributed by atoms with E-state index in [0.29, 0.717) is 18.0 Å². The quantitative estimate of drug-likeness (QED) is 0.398. The van der Waals surface area contributed by atoms with E-state index in [4.69, 9.17) is 14.5 Å². The highest BCUT2D eigenvalue weighted by Crippen LogP contribution is 2.25. The van der Waals surface area contributed by atoms with Crippen LogP contribution in [0.5, 0.6) is 5.75 Å². The number of sulfonamides is 1. The predicted molar refractivity (Wildman–Crippen MR) is 143 cm³/mol. The maximum atomic E-state index is 12.9. The van der Waals surface area contributed by atoms with Crippen LogP contribution in [0.4, 0.5) is 5.69 Å². The summed E-state index contributed by atoms with van der Waals surface area (Å²) in [6.07, 6.45) is 0. The van der Waals surface area contributed by atoms with Crippen molar-refractivity contribution in [1.29, 1.82) is 0 Å². The molecule has 0 spiro atoms. The van der Waals surface area contributed by atoms with Crippen LogP contribution in [0.15, 0.2) is 63.8 Å². The van der Waals surface area contributed by atoms with E-state index in [2.05, 4.69) is 14.8 Å². The fourth-order valence-corrected chi connectivity index (χ4v) is 6.62. The molecule has 1 fully saturated rings. The van der Waals surface area contributed by atoms with E-state index in [0.717, 1.165) is 66.9 Å². The van der Waals surface area contributed by atoms with E-state index in [1.807, 2.05) is 50.2 Å². The summed E-state index contributed by atoms with van der Waals surface area (Å²) in [7, 11) is -1.85. The van der Waals surface area contributed by atoms with Crippen LogP contribution in [0.25, 0.3) is 11.3 Å². The molecule has 0 amide bonds. The standard InChI is InChI=1S/C26H34N4O4S2/c1-4-29(5-2)36(31,32)24-12-6-21(7-13-24)25-20-35-26(27-22-8-10-23(33-3)11-9-22)30(25)15-14-28-16-18-34-19-17-28/h6-13,20H,4-5,14-19H2,1-3H3. The molecule has 8 nitrogen and oxygen atoms in total. The molecule has 2 aromatic carbocycles. The van der Waals surface area contributed by atoms with Crippen molar-refractivity contribution in [2.24, 2.45) is 4.99 Å². The van der Waals surface area contributed by atoms with Gasteiger partial charge in [-0.3, -0.25) is 4.90 Å². The summed E-state index contributed by atoms with van der Waals surface area (Å²) >= 11 is 1.58. The average Bonchev–Trinajstić information content (AvgIpc) is 3.31. The molecule has 1 saturated heterocycles. The largest absolute Gasteiger partial charge is 0.497 e. The number of hydrogen-bond donors (Lipinski definition) is 0. The Morgan fingerprint density at radius 1 is 1.00 bits per heavy atom. The number of ether oxygens (including phenoxy) is 2. The van der Waals surface area contributed by atoms with E-state index in [1.165, 1.54) is 4.31 Å². The van der Waals surface area contributed by atoms with E-state index in [9.17, 15) is 8.42 Å². The monoisotopic (exact) mass is 530 g/mol. The molecule has 1 aliphatic rings. The van der Waals surface area contributed by atoms with Gasteiger partial charge in [-0.05, 0) is 42.0 Å². The number of methoxy groups -OCH3 is 1. The second-order valence-electron chi connectivity index (χ2n) is 8.43. The molecule has 1 aromatic heterocycles. The third kappa shape index (κ3) is 6.07. The lowest BCUT2D eigenvalue weighted by Crippen LogP contribution is -2.39. The van der Waals surface area contributed by atoms with Crippen molar-refractivity contribution in [3.05, 3.63) is 58.7 Å². The molecular weight excluding hydrogens is 496 g/mol. The smallest absolute Gasteiger partial charge is 0.243 e. The van der Waals surface area contributed by atoms with Crippen LogP contribution < -0.4 is 9.54 Å². The normalized spacial score (nSPS) is 15.5. The van der Waals surface area contributed by atoms with Crippen molar-refractivity contribution in [1.82, 2.24) is 13.8 Å². The van der Waals surface area contributed by atoms with Crippen LogP contribution >= 0.6 is 11.3 Å². The molecule has 1 aliphatic heterocycles. The fraction of sp³-hybridized carbons (Fsp3) is 0.423. The molecule has 0 aliphatic carbocycles. The number of nitrogens with zero attached hydrogens (tertiary/aromatic N) is 4. The van der Waals surface area contributed by atoms with Crippen molar-refractivity contribution in [3.63, 3.8) is 0 Å². The van der Waals surface area contributed by atoms with E-state index < -0.39 is 10.0 Å². The topological polar surface area (TPSA) is 76.4 Å². The Morgan fingerprint density at radius 3 is 2.28 bits per heavy atom. The number of rotatable bonds is 10. The zero-order valence-corrected chi connectivity index (χ0v) is 22.7. The first-order chi connectivity index (χ1) is 17.5. The van der Waals surface area contributed by atoms with Gasteiger partial charge >= 0.3 is 0 Å². The summed E-state index contributed by atoms with van der Waals surface area (Å²) in [5, 5.41) is 2.09. The molecule has 194 valence electrons. The van der Waals surface area contributed by atoms with E-state index in [-0.39, 0.29) is 0 Å². The highest BCUT2D eigenvalue weighted by Gasteiger charge is 2.21. The van der Waals surface area contributed by atoms with Gasteiger partial charge in [-0.1, -0.05) is 26.0 Å². The lowest BCUT2D eigenvalue weighted by molar-refractivity contribution is 0.0363. The van der Waals surface area contributed by atoms with Gasteiger partial charge in [-0.25, -0.2) is 13.4 Å². The van der Waals surface area contributed by atoms with Crippen molar-refractivity contribution < 1.29 is 17.9 Å². The molecule has 4 rings (SSSR count). The Labute approximate surface area is 217 Å². The second-order valence-corrected chi connectivity index (χ2v) is 11.2. The number of thiazole rings is 1. The van der Waals surface area contributed by atoms with Gasteiger partial charge in [0.25, 0.3) is 0 Å². The Morgan fingerprint density at radius 2 is 1.67 bits per heavy atom. The van der Waals surface area contributed by atoms with Crippen molar-refractivity contribution in [2.45, 2.75) is 25.3 Å². The third-order valence-electron chi connectivity index (χ3n) is 6.33. The lowest BCUT2D eigenvalue weighted by atomic mass is 10.2. The Balaban J connectivity index is 1.68. The minimum Gasteiger partial charge on any atom is -0.497 e. The zero-order chi connectivity index (χ0) is 25.5. The Hall–Kier alpha value is -2.50. The summed E-state index contributed by atoms with van der Waals surface area (Å²) in [6, 6.07) is 14.9. The van der Waals surface area contributed by atoms with Crippen molar-refractivity contribution >= 4 is 27.0 Å². The summed E-state index contributed by atoms with van der Waals surface area (Å²) in [6.45, 7) is 9.61. The number of aromatic nitrogens is 1.